The van der Waals surface area contributed by atoms with E-state index >= 15 is 0 Å². The predicted molar refractivity (Wildman–Crippen MR) is 56.8 cm³/mol. The zero-order chi connectivity index (χ0) is 10.6. The monoisotopic (exact) mass is 193 g/mol. The fourth-order valence-corrected chi connectivity index (χ4v) is 1.25. The number of hydrogen-bond acceptors (Lipinski definition) is 2. The average Bonchev–Trinajstić information content (AvgIpc) is 2.18. The minimum atomic E-state index is 0.453. The van der Waals surface area contributed by atoms with Gasteiger partial charge in [-0.15, -0.1) is 0 Å². The summed E-state index contributed by atoms with van der Waals surface area (Å²) in [4.78, 5) is 10.3. The molecule has 14 heavy (non-hydrogen) atoms. The van der Waals surface area contributed by atoms with Crippen molar-refractivity contribution < 1.29 is 9.53 Å². The summed E-state index contributed by atoms with van der Waals surface area (Å²) in [5.41, 5.74) is 1.89. The van der Waals surface area contributed by atoms with Gasteiger partial charge in [-0.1, -0.05) is 19.9 Å². The smallest absolute Gasteiger partial charge is 0.211 e. The van der Waals surface area contributed by atoms with E-state index < -0.39 is 0 Å². The van der Waals surface area contributed by atoms with Crippen molar-refractivity contribution in [3.8, 4) is 5.75 Å². The molecular weight excluding hydrogens is 178 g/mol. The highest BCUT2D eigenvalue weighted by Crippen LogP contribution is 2.28. The van der Waals surface area contributed by atoms with Gasteiger partial charge in [0, 0.05) is 0 Å². The molecule has 0 aliphatic heterocycles. The van der Waals surface area contributed by atoms with E-state index in [4.69, 9.17) is 4.74 Å². The second-order valence-electron chi connectivity index (χ2n) is 3.38. The van der Waals surface area contributed by atoms with E-state index in [2.05, 4.69) is 19.2 Å². The lowest BCUT2D eigenvalue weighted by Gasteiger charge is -2.11. The lowest BCUT2D eigenvalue weighted by molar-refractivity contribution is -0.105. The average molecular weight is 193 g/mol. The summed E-state index contributed by atoms with van der Waals surface area (Å²) < 4.78 is 5.17. The number of amides is 1. The molecule has 0 aromatic heterocycles. The fraction of sp³-hybridized carbons (Fsp3) is 0.364. The summed E-state index contributed by atoms with van der Waals surface area (Å²) in [7, 11) is 1.59. The summed E-state index contributed by atoms with van der Waals surface area (Å²) in [5, 5.41) is 2.59. The first-order valence-corrected chi connectivity index (χ1v) is 4.57. The summed E-state index contributed by atoms with van der Waals surface area (Å²) in [6, 6.07) is 5.78. The highest BCUT2D eigenvalue weighted by Gasteiger charge is 2.05. The molecule has 3 nitrogen and oxygen atoms in total. The second-order valence-corrected chi connectivity index (χ2v) is 3.38. The molecule has 1 amide bonds. The van der Waals surface area contributed by atoms with Crippen LogP contribution in [0.1, 0.15) is 25.3 Å². The molecule has 0 fully saturated rings. The maximum atomic E-state index is 10.3. The molecule has 1 N–H and O–H groups in total. The SMILES string of the molecule is COc1cc(C(C)C)ccc1NC=O. The van der Waals surface area contributed by atoms with Crippen molar-refractivity contribution in [1.29, 1.82) is 0 Å². The van der Waals surface area contributed by atoms with Gasteiger partial charge in [-0.3, -0.25) is 4.79 Å². The Morgan fingerprint density at radius 1 is 1.43 bits per heavy atom. The summed E-state index contributed by atoms with van der Waals surface area (Å²) in [6.45, 7) is 4.23. The number of carbonyl (C=O) groups is 1. The topological polar surface area (TPSA) is 38.3 Å². The number of hydrogen-bond donors (Lipinski definition) is 1. The van der Waals surface area contributed by atoms with E-state index in [0.29, 0.717) is 23.8 Å². The highest BCUT2D eigenvalue weighted by molar-refractivity contribution is 5.75. The van der Waals surface area contributed by atoms with Crippen LogP contribution in [0.2, 0.25) is 0 Å². The van der Waals surface area contributed by atoms with Gasteiger partial charge in [0.15, 0.2) is 0 Å². The van der Waals surface area contributed by atoms with Gasteiger partial charge >= 0.3 is 0 Å². The number of nitrogens with one attached hydrogen (secondary N) is 1. The minimum absolute atomic E-state index is 0.453. The molecule has 0 aliphatic carbocycles. The normalized spacial score (nSPS) is 10.0. The Morgan fingerprint density at radius 3 is 2.64 bits per heavy atom. The molecule has 1 rings (SSSR count). The van der Waals surface area contributed by atoms with Crippen LogP contribution in [0.4, 0.5) is 5.69 Å². The van der Waals surface area contributed by atoms with Crippen molar-refractivity contribution in [1.82, 2.24) is 0 Å². The quantitative estimate of drug-likeness (QED) is 0.745. The van der Waals surface area contributed by atoms with Crippen molar-refractivity contribution in [2.24, 2.45) is 0 Å². The molecule has 0 spiro atoms. The standard InChI is InChI=1S/C11H15NO2/c1-8(2)9-4-5-10(12-7-13)11(6-9)14-3/h4-8H,1-3H3,(H,12,13). The second kappa shape index (κ2) is 4.65. The molecule has 0 bridgehead atoms. The third kappa shape index (κ3) is 2.25. The molecule has 0 atom stereocenters. The van der Waals surface area contributed by atoms with Crippen molar-refractivity contribution >= 4 is 12.1 Å². The van der Waals surface area contributed by atoms with E-state index in [1.807, 2.05) is 18.2 Å². The molecular formula is C11H15NO2. The molecule has 0 radical (unpaired) electrons. The molecule has 1 aromatic carbocycles. The van der Waals surface area contributed by atoms with Crippen LogP contribution in [0.5, 0.6) is 5.75 Å². The largest absolute Gasteiger partial charge is 0.495 e. The van der Waals surface area contributed by atoms with Gasteiger partial charge in [0.05, 0.1) is 12.8 Å². The Balaban J connectivity index is 3.04. The van der Waals surface area contributed by atoms with Crippen molar-refractivity contribution in [3.05, 3.63) is 23.8 Å². The molecule has 0 saturated carbocycles. The molecule has 0 aliphatic rings. The van der Waals surface area contributed by atoms with Crippen LogP contribution < -0.4 is 10.1 Å². The predicted octanol–water partition coefficient (Wildman–Crippen LogP) is 2.39. The van der Waals surface area contributed by atoms with Gasteiger partial charge in [-0.25, -0.2) is 0 Å². The highest BCUT2D eigenvalue weighted by atomic mass is 16.5. The van der Waals surface area contributed by atoms with Crippen LogP contribution in [0.25, 0.3) is 0 Å². The molecule has 76 valence electrons. The van der Waals surface area contributed by atoms with Crippen LogP contribution in [-0.2, 0) is 4.79 Å². The van der Waals surface area contributed by atoms with Gasteiger partial charge in [0.2, 0.25) is 6.41 Å². The van der Waals surface area contributed by atoms with Crippen LogP contribution in [0, 0.1) is 0 Å². The van der Waals surface area contributed by atoms with Crippen molar-refractivity contribution in [2.45, 2.75) is 19.8 Å². The van der Waals surface area contributed by atoms with Gasteiger partial charge in [0.25, 0.3) is 0 Å². The third-order valence-corrected chi connectivity index (χ3v) is 2.11. The van der Waals surface area contributed by atoms with Crippen molar-refractivity contribution in [3.63, 3.8) is 0 Å². The van der Waals surface area contributed by atoms with Crippen LogP contribution in [0.3, 0.4) is 0 Å². The number of methoxy groups -OCH3 is 1. The van der Waals surface area contributed by atoms with E-state index in [-0.39, 0.29) is 0 Å². The van der Waals surface area contributed by atoms with Crippen molar-refractivity contribution in [2.75, 3.05) is 12.4 Å². The van der Waals surface area contributed by atoms with Crippen LogP contribution >= 0.6 is 0 Å². The van der Waals surface area contributed by atoms with E-state index in [0.717, 1.165) is 0 Å². The number of benzene rings is 1. The Morgan fingerprint density at radius 2 is 2.14 bits per heavy atom. The summed E-state index contributed by atoms with van der Waals surface area (Å²) in [6.07, 6.45) is 0.646. The van der Waals surface area contributed by atoms with Gasteiger partial charge in [0.1, 0.15) is 5.75 Å². The third-order valence-electron chi connectivity index (χ3n) is 2.11. The number of rotatable bonds is 4. The molecule has 0 unspecified atom stereocenters. The Labute approximate surface area is 84.1 Å². The zero-order valence-electron chi connectivity index (χ0n) is 8.70. The van der Waals surface area contributed by atoms with Gasteiger partial charge in [-0.2, -0.15) is 0 Å². The lowest BCUT2D eigenvalue weighted by Crippen LogP contribution is -1.98. The lowest BCUT2D eigenvalue weighted by atomic mass is 10.0. The minimum Gasteiger partial charge on any atom is -0.495 e. The fourth-order valence-electron chi connectivity index (χ4n) is 1.25. The van der Waals surface area contributed by atoms with Gasteiger partial charge < -0.3 is 10.1 Å². The Kier molecular flexibility index (Phi) is 3.51. The van der Waals surface area contributed by atoms with E-state index in [1.54, 1.807) is 7.11 Å². The maximum Gasteiger partial charge on any atom is 0.211 e. The zero-order valence-corrected chi connectivity index (χ0v) is 8.70. The van der Waals surface area contributed by atoms with Gasteiger partial charge in [-0.05, 0) is 23.6 Å². The summed E-state index contributed by atoms with van der Waals surface area (Å²) in [5.74, 6) is 1.15. The first-order valence-electron chi connectivity index (χ1n) is 4.57. The van der Waals surface area contributed by atoms with Crippen LogP contribution in [-0.4, -0.2) is 13.5 Å². The van der Waals surface area contributed by atoms with E-state index in [9.17, 15) is 4.79 Å². The van der Waals surface area contributed by atoms with E-state index in [1.165, 1.54) is 5.56 Å². The van der Waals surface area contributed by atoms with Crippen LogP contribution in [0.15, 0.2) is 18.2 Å². The Hall–Kier alpha value is -1.51. The molecule has 0 heterocycles. The Bertz CT molecular complexity index is 321. The first-order chi connectivity index (χ1) is 6.69. The number of anilines is 1. The number of ether oxygens (including phenoxy) is 1. The molecule has 3 heteroatoms. The maximum absolute atomic E-state index is 10.3. The first kappa shape index (κ1) is 10.6. The summed E-state index contributed by atoms with van der Waals surface area (Å²) >= 11 is 0. The molecule has 0 saturated heterocycles. The molecule has 1 aromatic rings. The number of carbonyl (C=O) groups excluding carboxylic acids is 1.